The third-order valence-corrected chi connectivity index (χ3v) is 6.21. The molecule has 17 heteroatoms. The van der Waals surface area contributed by atoms with Gasteiger partial charge in [-0.2, -0.15) is 10.1 Å². The predicted octanol–water partition coefficient (Wildman–Crippen LogP) is 5.47. The van der Waals surface area contributed by atoms with Gasteiger partial charge in [0.1, 0.15) is 0 Å². The fourth-order valence-electron chi connectivity index (χ4n) is 4.12. The highest BCUT2D eigenvalue weighted by Gasteiger charge is 2.25. The molecule has 48 heavy (non-hydrogen) atoms. The lowest BCUT2D eigenvalue weighted by Crippen LogP contribution is -2.24. The first kappa shape index (κ1) is 36.7. The molecule has 252 valence electrons. The van der Waals surface area contributed by atoms with Gasteiger partial charge in [0.05, 0.1) is 22.7 Å². The summed E-state index contributed by atoms with van der Waals surface area (Å²) in [6.45, 7) is 14.3. The Labute approximate surface area is 280 Å². The normalized spacial score (nSPS) is 10.7. The van der Waals surface area contributed by atoms with Gasteiger partial charge in [0.25, 0.3) is 5.69 Å². The smallest absolute Gasteiger partial charge is 0.315 e. The van der Waals surface area contributed by atoms with Crippen LogP contribution in [0.15, 0.2) is 53.8 Å². The number of carbonyl (C=O) groups excluding carboxylic acids is 3. The summed E-state index contributed by atoms with van der Waals surface area (Å²) in [5, 5.41) is 25.2. The van der Waals surface area contributed by atoms with E-state index in [1.165, 1.54) is 23.9 Å². The quantitative estimate of drug-likeness (QED) is 0.0809. The molecule has 0 fully saturated rings. The van der Waals surface area contributed by atoms with E-state index in [9.17, 15) is 24.5 Å². The monoisotopic (exact) mass is 678 g/mol. The number of hydrogen-bond acceptors (Lipinski definition) is 11. The van der Waals surface area contributed by atoms with Gasteiger partial charge in [-0.3, -0.25) is 29.2 Å². The average Bonchev–Trinajstić information content (AvgIpc) is 3.78. The number of pyridine rings is 1. The Hall–Kier alpha value is -5.77. The number of nitrogens with zero attached hydrogens (tertiary/aromatic N) is 7. The average molecular weight is 679 g/mol. The zero-order valence-electron chi connectivity index (χ0n) is 27.4. The van der Waals surface area contributed by atoms with Gasteiger partial charge in [-0.1, -0.05) is 52.4 Å². The number of hydrogen-bond donors (Lipinski definition) is 3. The molecule has 0 spiro atoms. The molecule has 5 aromatic rings. The molecule has 2 amide bonds. The molecule has 0 bridgehead atoms. The van der Waals surface area contributed by atoms with Gasteiger partial charge in [-0.15, -0.1) is 0 Å². The van der Waals surface area contributed by atoms with E-state index in [4.69, 9.17) is 4.52 Å². The van der Waals surface area contributed by atoms with Crippen molar-refractivity contribution in [2.75, 3.05) is 5.32 Å². The molecule has 0 unspecified atom stereocenters. The van der Waals surface area contributed by atoms with Gasteiger partial charge in [0.2, 0.25) is 11.1 Å². The standard InChI is InChI=1S/C27H26N10O5.C2H3ClO.C2H6/c1-6-19(38)30-17-13-36(5)34-21(17)23-31-20-16(9-10-28-22(20)32-23)14-7-8-15(18(11-14)37(40)41)12-29-24(39)25-33-26(35-42-25)27(2,3)4;1-2(3)4;1-2/h6-11,13H,1,12H2,2-5H3,(H,29,39)(H,30,38)(H,28,31,32);1H3;1-2H3. The van der Waals surface area contributed by atoms with Crippen LogP contribution in [-0.4, -0.2) is 56.9 Å². The number of nitrogens with one attached hydrogen (secondary N) is 3. The van der Waals surface area contributed by atoms with Crippen LogP contribution in [0.4, 0.5) is 11.4 Å². The number of imidazole rings is 1. The predicted molar refractivity (Wildman–Crippen MR) is 179 cm³/mol. The molecule has 0 saturated heterocycles. The molecule has 5 rings (SSSR count). The van der Waals surface area contributed by atoms with Gasteiger partial charge in [-0.05, 0) is 35.4 Å². The number of H-pyrrole nitrogens is 1. The number of aromatic nitrogens is 7. The first-order chi connectivity index (χ1) is 22.7. The Balaban J connectivity index is 0.000000970. The van der Waals surface area contributed by atoms with Gasteiger partial charge in [0.15, 0.2) is 23.0 Å². The van der Waals surface area contributed by atoms with Crippen LogP contribution in [0.5, 0.6) is 0 Å². The summed E-state index contributed by atoms with van der Waals surface area (Å²) in [6.07, 6.45) is 4.31. The van der Waals surface area contributed by atoms with E-state index in [0.717, 1.165) is 6.08 Å². The fourth-order valence-corrected chi connectivity index (χ4v) is 4.12. The zero-order valence-corrected chi connectivity index (χ0v) is 28.2. The lowest BCUT2D eigenvalue weighted by Gasteiger charge is -2.10. The second kappa shape index (κ2) is 15.7. The van der Waals surface area contributed by atoms with Crippen molar-refractivity contribution < 1.29 is 23.8 Å². The Kier molecular flexibility index (Phi) is 12.0. The van der Waals surface area contributed by atoms with Gasteiger partial charge in [-0.25, -0.2) is 9.97 Å². The minimum absolute atomic E-state index is 0.137. The lowest BCUT2D eigenvalue weighted by molar-refractivity contribution is -0.385. The second-order valence-electron chi connectivity index (χ2n) is 10.8. The van der Waals surface area contributed by atoms with Gasteiger partial charge < -0.3 is 20.1 Å². The van der Waals surface area contributed by atoms with E-state index < -0.39 is 22.2 Å². The van der Waals surface area contributed by atoms with Crippen molar-refractivity contribution in [1.82, 2.24) is 40.2 Å². The van der Waals surface area contributed by atoms with Crippen molar-refractivity contribution in [2.24, 2.45) is 7.05 Å². The number of benzene rings is 1. The van der Waals surface area contributed by atoms with E-state index in [2.05, 4.69) is 59.0 Å². The van der Waals surface area contributed by atoms with Crippen LogP contribution in [0.1, 0.15) is 63.6 Å². The van der Waals surface area contributed by atoms with E-state index in [0.29, 0.717) is 45.3 Å². The highest BCUT2D eigenvalue weighted by Crippen LogP contribution is 2.33. The molecular weight excluding hydrogens is 644 g/mol. The maximum Gasteiger partial charge on any atom is 0.315 e. The molecule has 0 radical (unpaired) electrons. The summed E-state index contributed by atoms with van der Waals surface area (Å²) in [5.74, 6) is -0.567. The number of anilines is 1. The van der Waals surface area contributed by atoms with Crippen molar-refractivity contribution in [3.8, 4) is 22.6 Å². The van der Waals surface area contributed by atoms with Crippen molar-refractivity contribution in [3.63, 3.8) is 0 Å². The van der Waals surface area contributed by atoms with Crippen molar-refractivity contribution in [3.05, 3.63) is 76.7 Å². The summed E-state index contributed by atoms with van der Waals surface area (Å²) in [5.41, 5.74) is 2.45. The summed E-state index contributed by atoms with van der Waals surface area (Å²) in [7, 11) is 1.70. The van der Waals surface area contributed by atoms with Crippen LogP contribution in [0.2, 0.25) is 0 Å². The van der Waals surface area contributed by atoms with Gasteiger partial charge >= 0.3 is 11.8 Å². The molecular formula is C31H35ClN10O6. The number of amides is 2. The van der Waals surface area contributed by atoms with E-state index in [1.807, 2.05) is 34.6 Å². The van der Waals surface area contributed by atoms with Crippen LogP contribution >= 0.6 is 11.6 Å². The molecule has 16 nitrogen and oxygen atoms in total. The Morgan fingerprint density at radius 2 is 1.88 bits per heavy atom. The third-order valence-electron chi connectivity index (χ3n) is 6.21. The third kappa shape index (κ3) is 8.94. The Morgan fingerprint density at radius 1 is 1.19 bits per heavy atom. The molecule has 0 aliphatic carbocycles. The molecule has 0 atom stereocenters. The first-order valence-electron chi connectivity index (χ1n) is 14.6. The Bertz CT molecular complexity index is 1970. The van der Waals surface area contributed by atoms with E-state index >= 15 is 0 Å². The molecule has 0 aliphatic heterocycles. The summed E-state index contributed by atoms with van der Waals surface area (Å²) in [4.78, 5) is 61.3. The van der Waals surface area contributed by atoms with Crippen molar-refractivity contribution in [1.29, 1.82) is 0 Å². The second-order valence-corrected chi connectivity index (χ2v) is 11.4. The van der Waals surface area contributed by atoms with E-state index in [1.54, 1.807) is 31.4 Å². The number of rotatable bonds is 8. The molecule has 4 aromatic heterocycles. The highest BCUT2D eigenvalue weighted by atomic mass is 35.5. The number of nitro groups is 1. The Morgan fingerprint density at radius 3 is 2.48 bits per heavy atom. The van der Waals surface area contributed by atoms with Crippen LogP contribution in [0.3, 0.4) is 0 Å². The number of halogens is 1. The number of aromatic amines is 1. The zero-order chi connectivity index (χ0) is 35.8. The topological polar surface area (TPSA) is 217 Å². The van der Waals surface area contributed by atoms with Crippen LogP contribution in [0.25, 0.3) is 33.8 Å². The summed E-state index contributed by atoms with van der Waals surface area (Å²) < 4.78 is 6.58. The molecule has 0 saturated carbocycles. The minimum Gasteiger partial charge on any atom is -0.343 e. The summed E-state index contributed by atoms with van der Waals surface area (Å²) in [6, 6.07) is 6.38. The highest BCUT2D eigenvalue weighted by molar-refractivity contribution is 6.62. The number of aryl methyl sites for hydroxylation is 1. The first-order valence-corrected chi connectivity index (χ1v) is 14.9. The van der Waals surface area contributed by atoms with Crippen molar-refractivity contribution in [2.45, 2.75) is 53.5 Å². The summed E-state index contributed by atoms with van der Waals surface area (Å²) >= 11 is 4.64. The van der Waals surface area contributed by atoms with Crippen LogP contribution in [-0.2, 0) is 28.6 Å². The maximum absolute atomic E-state index is 12.6. The van der Waals surface area contributed by atoms with Crippen LogP contribution < -0.4 is 10.6 Å². The maximum atomic E-state index is 12.6. The van der Waals surface area contributed by atoms with Crippen LogP contribution in [0, 0.1) is 10.1 Å². The van der Waals surface area contributed by atoms with Crippen molar-refractivity contribution >= 4 is 51.2 Å². The molecule has 4 heterocycles. The lowest BCUT2D eigenvalue weighted by atomic mass is 9.96. The largest absolute Gasteiger partial charge is 0.343 e. The van der Waals surface area contributed by atoms with Gasteiger partial charge in [0, 0.05) is 49.0 Å². The number of carbonyl (C=O) groups is 3. The SMILES string of the molecule is C=CC(=O)Nc1cn(C)nc1-c1nc2nccc(-c3ccc(CNC(=O)c4nc(C(C)(C)C)no4)c([N+](=O)[O-])c3)c2[nH]1.CC.CC(=O)Cl. The molecule has 1 aromatic carbocycles. The molecule has 3 N–H and O–H groups in total. The number of fused-ring (bicyclic) bond motifs is 1. The fraction of sp³-hybridized carbons (Fsp3) is 0.290. The number of nitro benzene ring substituents is 1. The molecule has 0 aliphatic rings. The minimum atomic E-state index is -0.643. The van der Waals surface area contributed by atoms with E-state index in [-0.39, 0.29) is 28.9 Å².